The molecule has 118 valence electrons. The van der Waals surface area contributed by atoms with Gasteiger partial charge in [0.15, 0.2) is 0 Å². The highest BCUT2D eigenvalue weighted by atomic mass is 79.9. The molecule has 0 radical (unpaired) electrons. The third-order valence-corrected chi connectivity index (χ3v) is 5.36. The maximum Gasteiger partial charge on any atom is 0.144 e. The van der Waals surface area contributed by atoms with Crippen LogP contribution >= 0.6 is 28.1 Å². The van der Waals surface area contributed by atoms with Crippen LogP contribution in [0, 0.1) is 10.6 Å². The van der Waals surface area contributed by atoms with Gasteiger partial charge in [0.2, 0.25) is 0 Å². The maximum absolute atomic E-state index is 5.44. The van der Waals surface area contributed by atoms with E-state index >= 15 is 0 Å². The van der Waals surface area contributed by atoms with Crippen LogP contribution in [0.3, 0.4) is 0 Å². The number of nitrogens with zero attached hydrogens (tertiary/aromatic N) is 3. The van der Waals surface area contributed by atoms with Crippen molar-refractivity contribution < 1.29 is 0 Å². The van der Waals surface area contributed by atoms with Crippen molar-refractivity contribution in [2.24, 2.45) is 5.92 Å². The Labute approximate surface area is 141 Å². The van der Waals surface area contributed by atoms with Gasteiger partial charge in [-0.05, 0) is 61.9 Å². The highest BCUT2D eigenvalue weighted by Gasteiger charge is 2.24. The van der Waals surface area contributed by atoms with Crippen LogP contribution in [0.5, 0.6) is 0 Å². The van der Waals surface area contributed by atoms with Crippen LogP contribution in [0.25, 0.3) is 0 Å². The molecule has 0 aliphatic carbocycles. The highest BCUT2D eigenvalue weighted by Crippen LogP contribution is 2.25. The summed E-state index contributed by atoms with van der Waals surface area (Å²) in [5.41, 5.74) is 1.17. The van der Waals surface area contributed by atoms with Gasteiger partial charge in [-0.3, -0.25) is 4.90 Å². The Morgan fingerprint density at radius 1 is 1.38 bits per heavy atom. The third kappa shape index (κ3) is 4.34. The SMILES string of the molecule is CC(C)Cc1[nH]c(C2CN(C)CCCN2C)nc(=S)c1Br. The quantitative estimate of drug-likeness (QED) is 0.824. The average molecular weight is 373 g/mol. The van der Waals surface area contributed by atoms with Crippen molar-refractivity contribution >= 4 is 28.1 Å². The number of halogens is 1. The van der Waals surface area contributed by atoms with Crippen LogP contribution in [0.1, 0.15) is 37.8 Å². The first-order valence-corrected chi connectivity index (χ1v) is 8.76. The van der Waals surface area contributed by atoms with Gasteiger partial charge in [-0.15, -0.1) is 0 Å². The Kier molecular flexibility index (Phi) is 5.94. The molecule has 1 N–H and O–H groups in total. The molecule has 2 rings (SSSR count). The fourth-order valence-electron chi connectivity index (χ4n) is 2.80. The minimum absolute atomic E-state index is 0.276. The molecule has 21 heavy (non-hydrogen) atoms. The van der Waals surface area contributed by atoms with E-state index in [1.54, 1.807) is 0 Å². The van der Waals surface area contributed by atoms with Gasteiger partial charge >= 0.3 is 0 Å². The largest absolute Gasteiger partial charge is 0.345 e. The molecule has 1 aliphatic heterocycles. The second-order valence-electron chi connectivity index (χ2n) is 6.43. The summed E-state index contributed by atoms with van der Waals surface area (Å²) in [5.74, 6) is 1.58. The second kappa shape index (κ2) is 7.31. The highest BCUT2D eigenvalue weighted by molar-refractivity contribution is 9.10. The Bertz CT molecular complexity index is 543. The van der Waals surface area contributed by atoms with Gasteiger partial charge in [0.25, 0.3) is 0 Å². The van der Waals surface area contributed by atoms with Crippen molar-refractivity contribution in [3.05, 3.63) is 20.6 Å². The van der Waals surface area contributed by atoms with E-state index in [0.717, 1.165) is 36.4 Å². The van der Waals surface area contributed by atoms with Crippen LogP contribution in [0.2, 0.25) is 0 Å². The molecule has 1 fully saturated rings. The molecule has 1 unspecified atom stereocenters. The molecule has 0 saturated carbocycles. The van der Waals surface area contributed by atoms with Gasteiger partial charge in [0, 0.05) is 12.2 Å². The number of H-pyrrole nitrogens is 1. The number of nitrogens with one attached hydrogen (secondary N) is 1. The minimum Gasteiger partial charge on any atom is -0.345 e. The predicted octanol–water partition coefficient (Wildman–Crippen LogP) is 3.41. The average Bonchev–Trinajstić information content (AvgIpc) is 2.56. The molecule has 1 aliphatic rings. The van der Waals surface area contributed by atoms with E-state index in [1.807, 2.05) is 0 Å². The Morgan fingerprint density at radius 3 is 2.76 bits per heavy atom. The molecular weight excluding hydrogens is 348 g/mol. The van der Waals surface area contributed by atoms with Gasteiger partial charge in [0.1, 0.15) is 10.5 Å². The zero-order chi connectivity index (χ0) is 15.6. The molecule has 1 atom stereocenters. The molecule has 2 heterocycles. The van der Waals surface area contributed by atoms with Gasteiger partial charge < -0.3 is 9.88 Å². The number of hydrogen-bond acceptors (Lipinski definition) is 4. The molecule has 0 spiro atoms. The maximum atomic E-state index is 5.44. The summed E-state index contributed by atoms with van der Waals surface area (Å²) in [4.78, 5) is 12.9. The first-order valence-electron chi connectivity index (χ1n) is 7.56. The zero-order valence-electron chi connectivity index (χ0n) is 13.3. The van der Waals surface area contributed by atoms with Crippen molar-refractivity contribution in [1.29, 1.82) is 0 Å². The molecule has 1 aromatic rings. The lowest BCUT2D eigenvalue weighted by Crippen LogP contribution is -2.32. The standard InChI is InChI=1S/C15H25BrN4S/c1-10(2)8-11-13(16)15(21)18-14(17-11)12-9-19(3)6-5-7-20(12)4/h10,12H,5-9H2,1-4H3,(H,17,18,21). The first-order chi connectivity index (χ1) is 9.88. The van der Waals surface area contributed by atoms with Gasteiger partial charge in [-0.1, -0.05) is 26.1 Å². The normalized spacial score (nSPS) is 21.7. The lowest BCUT2D eigenvalue weighted by molar-refractivity contribution is 0.219. The molecule has 0 aromatic carbocycles. The van der Waals surface area contributed by atoms with Crippen LogP contribution in [-0.2, 0) is 6.42 Å². The molecule has 0 bridgehead atoms. The smallest absolute Gasteiger partial charge is 0.144 e. The third-order valence-electron chi connectivity index (χ3n) is 3.95. The Hall–Kier alpha value is -0.300. The minimum atomic E-state index is 0.276. The van der Waals surface area contributed by atoms with E-state index in [-0.39, 0.29) is 6.04 Å². The summed E-state index contributed by atoms with van der Waals surface area (Å²) in [7, 11) is 4.35. The van der Waals surface area contributed by atoms with Crippen LogP contribution in [0.15, 0.2) is 4.47 Å². The fourth-order valence-corrected chi connectivity index (χ4v) is 3.37. The summed E-state index contributed by atoms with van der Waals surface area (Å²) in [6.45, 7) is 7.64. The topological polar surface area (TPSA) is 35.2 Å². The van der Waals surface area contributed by atoms with E-state index in [1.165, 1.54) is 12.1 Å². The van der Waals surface area contributed by atoms with Gasteiger partial charge in [0.05, 0.1) is 10.5 Å². The van der Waals surface area contributed by atoms with E-state index < -0.39 is 0 Å². The predicted molar refractivity (Wildman–Crippen MR) is 93.1 cm³/mol. The number of aromatic amines is 1. The molecule has 0 amide bonds. The lowest BCUT2D eigenvalue weighted by Gasteiger charge is -2.27. The van der Waals surface area contributed by atoms with Crippen molar-refractivity contribution in [2.45, 2.75) is 32.7 Å². The number of hydrogen-bond donors (Lipinski definition) is 1. The number of likely N-dealkylation sites (N-methyl/N-ethyl adjacent to an activating group) is 2. The number of aromatic nitrogens is 2. The Balaban J connectivity index is 2.37. The Morgan fingerprint density at radius 2 is 2.10 bits per heavy atom. The van der Waals surface area contributed by atoms with E-state index in [9.17, 15) is 0 Å². The van der Waals surface area contributed by atoms with E-state index in [2.05, 4.69) is 63.6 Å². The summed E-state index contributed by atoms with van der Waals surface area (Å²) >= 11 is 9.03. The van der Waals surface area contributed by atoms with Crippen molar-refractivity contribution in [3.63, 3.8) is 0 Å². The summed E-state index contributed by atoms with van der Waals surface area (Å²) < 4.78 is 1.61. The van der Waals surface area contributed by atoms with Crippen molar-refractivity contribution in [1.82, 2.24) is 19.8 Å². The molecule has 4 nitrogen and oxygen atoms in total. The van der Waals surface area contributed by atoms with Crippen LogP contribution in [0.4, 0.5) is 0 Å². The van der Waals surface area contributed by atoms with E-state index in [0.29, 0.717) is 10.6 Å². The van der Waals surface area contributed by atoms with Crippen molar-refractivity contribution in [2.75, 3.05) is 33.7 Å². The second-order valence-corrected chi connectivity index (χ2v) is 7.61. The fraction of sp³-hybridized carbons (Fsp3) is 0.733. The van der Waals surface area contributed by atoms with Gasteiger partial charge in [-0.25, -0.2) is 4.98 Å². The number of rotatable bonds is 3. The first kappa shape index (κ1) is 17.1. The van der Waals surface area contributed by atoms with Crippen LogP contribution < -0.4 is 0 Å². The van der Waals surface area contributed by atoms with Crippen LogP contribution in [-0.4, -0.2) is 53.5 Å². The monoisotopic (exact) mass is 372 g/mol. The molecule has 1 aromatic heterocycles. The summed E-state index contributed by atoms with van der Waals surface area (Å²) in [6.07, 6.45) is 2.17. The molecule has 6 heteroatoms. The van der Waals surface area contributed by atoms with E-state index in [4.69, 9.17) is 12.2 Å². The molecule has 1 saturated heterocycles. The lowest BCUT2D eigenvalue weighted by atomic mass is 10.1. The zero-order valence-corrected chi connectivity index (χ0v) is 15.7. The van der Waals surface area contributed by atoms with Gasteiger partial charge in [-0.2, -0.15) is 0 Å². The molecular formula is C15H25BrN4S. The summed E-state index contributed by atoms with van der Waals surface area (Å²) in [5, 5.41) is 0. The summed E-state index contributed by atoms with van der Waals surface area (Å²) in [6, 6.07) is 0.276. The van der Waals surface area contributed by atoms with Crippen molar-refractivity contribution in [3.8, 4) is 0 Å².